The molecular weight excluding hydrogens is 503 g/mol. The van der Waals surface area contributed by atoms with Crippen molar-refractivity contribution in [3.05, 3.63) is 57.5 Å². The van der Waals surface area contributed by atoms with E-state index >= 15 is 0 Å². The van der Waals surface area contributed by atoms with Gasteiger partial charge in [-0.1, -0.05) is 23.7 Å². The second kappa shape index (κ2) is 8.99. The highest BCUT2D eigenvalue weighted by atomic mass is 35.5. The Morgan fingerprint density at radius 2 is 2.23 bits per heavy atom. The molecule has 0 unspecified atom stereocenters. The number of hydrogen-bond acceptors (Lipinski definition) is 10. The molecule has 5 N–H and O–H groups in total. The standard InChI is InChI=1S/C21H24ClN4O8P/c1-21(29)16(27)15(33-19(21)26-7-5-13-17(26)24-20(23)25-18(13)28)10-32-35(30)31-8-6-14(34-35)11-3-2-4-12(22)9-11/h2-5,7,9,14-16,19,27,29H,6,8,10H2,1H3,(H3,23,24,25,28)/t14-,15+,16+,19+,21+,35+/m0/s1. The number of benzene rings is 1. The van der Waals surface area contributed by atoms with E-state index in [4.69, 9.17) is 35.6 Å². The Balaban J connectivity index is 1.33. The minimum atomic E-state index is -4.00. The Bertz CT molecular complexity index is 1360. The molecule has 12 nitrogen and oxygen atoms in total. The third-order valence-electron chi connectivity index (χ3n) is 6.11. The van der Waals surface area contributed by atoms with Crippen LogP contribution in [0.25, 0.3) is 11.0 Å². The Kier molecular flexibility index (Phi) is 6.27. The predicted octanol–water partition coefficient (Wildman–Crippen LogP) is 2.27. The number of nitrogens with two attached hydrogens (primary N) is 1. The van der Waals surface area contributed by atoms with Crippen LogP contribution in [0.2, 0.25) is 5.02 Å². The molecular formula is C21H24ClN4O8P. The number of phosphoric acid groups is 1. The summed E-state index contributed by atoms with van der Waals surface area (Å²) in [6.45, 7) is 1.10. The number of aromatic nitrogens is 3. The molecule has 2 aliphatic heterocycles. The molecule has 2 fully saturated rings. The summed E-state index contributed by atoms with van der Waals surface area (Å²) in [6.07, 6.45) is -2.30. The second-order valence-corrected chi connectivity index (χ2v) is 10.7. The number of H-pyrrole nitrogens is 1. The zero-order valence-corrected chi connectivity index (χ0v) is 20.2. The Labute approximate surface area is 204 Å². The molecule has 3 aromatic rings. The van der Waals surface area contributed by atoms with Crippen LogP contribution < -0.4 is 11.3 Å². The summed E-state index contributed by atoms with van der Waals surface area (Å²) < 4.78 is 36.8. The first-order chi connectivity index (χ1) is 16.6. The van der Waals surface area contributed by atoms with Crippen LogP contribution >= 0.6 is 19.4 Å². The van der Waals surface area contributed by atoms with Gasteiger partial charge in [-0.05, 0) is 30.7 Å². The van der Waals surface area contributed by atoms with Crippen molar-refractivity contribution in [3.63, 3.8) is 0 Å². The molecule has 1 aromatic carbocycles. The average Bonchev–Trinajstić information content (AvgIpc) is 3.31. The molecule has 188 valence electrons. The number of aliphatic hydroxyl groups is 2. The van der Waals surface area contributed by atoms with E-state index in [0.29, 0.717) is 11.4 Å². The van der Waals surface area contributed by atoms with Gasteiger partial charge in [0.05, 0.1) is 24.7 Å². The van der Waals surface area contributed by atoms with E-state index in [-0.39, 0.29) is 23.6 Å². The van der Waals surface area contributed by atoms with Gasteiger partial charge in [-0.2, -0.15) is 4.98 Å². The summed E-state index contributed by atoms with van der Waals surface area (Å²) in [5.41, 5.74) is 4.29. The molecule has 2 aliphatic rings. The number of aliphatic hydroxyl groups excluding tert-OH is 1. The summed E-state index contributed by atoms with van der Waals surface area (Å²) in [5.74, 6) is -0.112. The van der Waals surface area contributed by atoms with Crippen molar-refractivity contribution in [1.29, 1.82) is 0 Å². The molecule has 35 heavy (non-hydrogen) atoms. The first-order valence-corrected chi connectivity index (χ1v) is 12.7. The van der Waals surface area contributed by atoms with Gasteiger partial charge < -0.3 is 25.3 Å². The van der Waals surface area contributed by atoms with Crippen molar-refractivity contribution in [2.45, 2.75) is 43.5 Å². The van der Waals surface area contributed by atoms with Gasteiger partial charge in [0.15, 0.2) is 11.9 Å². The summed E-state index contributed by atoms with van der Waals surface area (Å²) in [6, 6.07) is 8.48. The van der Waals surface area contributed by atoms with Crippen molar-refractivity contribution in [1.82, 2.24) is 14.5 Å². The zero-order valence-electron chi connectivity index (χ0n) is 18.5. The van der Waals surface area contributed by atoms with Crippen molar-refractivity contribution >= 4 is 36.4 Å². The maximum Gasteiger partial charge on any atom is 0.475 e. The van der Waals surface area contributed by atoms with Gasteiger partial charge in [-0.25, -0.2) is 4.57 Å². The van der Waals surface area contributed by atoms with Gasteiger partial charge in [-0.15, -0.1) is 0 Å². The Morgan fingerprint density at radius 1 is 1.43 bits per heavy atom. The highest BCUT2D eigenvalue weighted by Gasteiger charge is 2.54. The molecule has 0 saturated carbocycles. The maximum absolute atomic E-state index is 13.1. The Hall–Kier alpha value is -2.28. The number of halogens is 1. The summed E-state index contributed by atoms with van der Waals surface area (Å²) in [4.78, 5) is 18.7. The van der Waals surface area contributed by atoms with E-state index in [2.05, 4.69) is 9.97 Å². The lowest BCUT2D eigenvalue weighted by molar-refractivity contribution is -0.0950. The third kappa shape index (κ3) is 4.52. The normalized spacial score (nSPS) is 33.4. The van der Waals surface area contributed by atoms with Gasteiger partial charge in [-0.3, -0.25) is 23.3 Å². The first kappa shape index (κ1) is 24.4. The molecule has 2 saturated heterocycles. The minimum Gasteiger partial charge on any atom is -0.387 e. The van der Waals surface area contributed by atoms with E-state index < -0.39 is 50.1 Å². The average molecular weight is 527 g/mol. The number of hydrogen-bond donors (Lipinski definition) is 4. The number of aromatic amines is 1. The van der Waals surface area contributed by atoms with E-state index in [1.807, 2.05) is 0 Å². The molecule has 6 atom stereocenters. The van der Waals surface area contributed by atoms with Crippen LogP contribution in [-0.4, -0.2) is 55.8 Å². The number of nitrogens with one attached hydrogen (secondary N) is 1. The summed E-state index contributed by atoms with van der Waals surface area (Å²) in [5, 5.41) is 22.6. The van der Waals surface area contributed by atoms with Crippen LogP contribution in [0.1, 0.15) is 31.2 Å². The van der Waals surface area contributed by atoms with Crippen LogP contribution in [0, 0.1) is 0 Å². The van der Waals surface area contributed by atoms with Gasteiger partial charge in [0.25, 0.3) is 5.56 Å². The van der Waals surface area contributed by atoms with Crippen molar-refractivity contribution < 1.29 is 33.1 Å². The number of nitrogens with zero attached hydrogens (tertiary/aromatic N) is 2. The third-order valence-corrected chi connectivity index (χ3v) is 7.82. The number of anilines is 1. The lowest BCUT2D eigenvalue weighted by Gasteiger charge is -2.30. The smallest absolute Gasteiger partial charge is 0.387 e. The summed E-state index contributed by atoms with van der Waals surface area (Å²) >= 11 is 6.05. The molecule has 0 bridgehead atoms. The molecule has 5 rings (SSSR count). The molecule has 4 heterocycles. The van der Waals surface area contributed by atoms with Crippen molar-refractivity contribution in [2.24, 2.45) is 0 Å². The molecule has 0 spiro atoms. The Morgan fingerprint density at radius 3 is 3.00 bits per heavy atom. The lowest BCUT2D eigenvalue weighted by atomic mass is 9.96. The molecule has 0 aliphatic carbocycles. The quantitative estimate of drug-likeness (QED) is 0.361. The maximum atomic E-state index is 13.1. The molecule has 14 heteroatoms. The first-order valence-electron chi connectivity index (χ1n) is 10.8. The summed E-state index contributed by atoms with van der Waals surface area (Å²) in [7, 11) is -4.00. The number of phosphoric ester groups is 1. The monoisotopic (exact) mass is 526 g/mol. The highest BCUT2D eigenvalue weighted by Crippen LogP contribution is 2.57. The van der Waals surface area contributed by atoms with E-state index in [9.17, 15) is 19.6 Å². The van der Waals surface area contributed by atoms with Gasteiger partial charge in [0, 0.05) is 17.6 Å². The largest absolute Gasteiger partial charge is 0.475 e. The lowest BCUT2D eigenvalue weighted by Crippen LogP contribution is -2.44. The van der Waals surface area contributed by atoms with Gasteiger partial charge in [0.2, 0.25) is 5.95 Å². The van der Waals surface area contributed by atoms with E-state index in [1.54, 1.807) is 24.3 Å². The van der Waals surface area contributed by atoms with E-state index in [0.717, 1.165) is 5.56 Å². The van der Waals surface area contributed by atoms with Crippen molar-refractivity contribution in [3.8, 4) is 0 Å². The zero-order chi connectivity index (χ0) is 25.0. The molecule has 0 radical (unpaired) electrons. The van der Waals surface area contributed by atoms with Crippen LogP contribution in [0.15, 0.2) is 41.3 Å². The number of ether oxygens (including phenoxy) is 1. The fourth-order valence-electron chi connectivity index (χ4n) is 4.30. The van der Waals surface area contributed by atoms with Crippen LogP contribution in [0.4, 0.5) is 5.95 Å². The number of rotatable bonds is 5. The van der Waals surface area contributed by atoms with Gasteiger partial charge in [0.1, 0.15) is 17.8 Å². The molecule has 2 aromatic heterocycles. The minimum absolute atomic E-state index is 0.112. The van der Waals surface area contributed by atoms with Crippen LogP contribution in [-0.2, 0) is 22.9 Å². The molecule has 0 amide bonds. The predicted molar refractivity (Wildman–Crippen MR) is 125 cm³/mol. The highest BCUT2D eigenvalue weighted by molar-refractivity contribution is 7.48. The fraction of sp³-hybridized carbons (Fsp3) is 0.429. The number of fused-ring (bicyclic) bond motifs is 1. The topological polar surface area (TPSA) is 171 Å². The van der Waals surface area contributed by atoms with Crippen molar-refractivity contribution in [2.75, 3.05) is 18.9 Å². The fourth-order valence-corrected chi connectivity index (χ4v) is 5.90. The second-order valence-electron chi connectivity index (χ2n) is 8.62. The number of nitrogen functional groups attached to an aromatic ring is 1. The SMILES string of the molecule is C[C@@]1(O)[C@H](O)[C@@H](CO[P@@]2(=O)OCC[C@@H](c3cccc(Cl)c3)O2)O[C@H]1n1ccc2c(=O)[nH]c(N)nc21. The van der Waals surface area contributed by atoms with E-state index in [1.165, 1.54) is 23.8 Å². The van der Waals surface area contributed by atoms with Gasteiger partial charge >= 0.3 is 7.82 Å². The van der Waals surface area contributed by atoms with Crippen LogP contribution in [0.5, 0.6) is 0 Å². The van der Waals surface area contributed by atoms with Crippen LogP contribution in [0.3, 0.4) is 0 Å².